The standard InChI is InChI=1S/C8H13Br2N3/c1-2-13-8(11-6-12-13)3-7(4-9)5-10/h6-7H,2-5H2,1H3. The first-order valence-electron chi connectivity index (χ1n) is 4.30. The summed E-state index contributed by atoms with van der Waals surface area (Å²) >= 11 is 6.96. The van der Waals surface area contributed by atoms with Gasteiger partial charge in [0.1, 0.15) is 12.2 Å². The fourth-order valence-corrected chi connectivity index (χ4v) is 2.65. The molecule has 0 aliphatic heterocycles. The Morgan fingerprint density at radius 3 is 2.69 bits per heavy atom. The molecule has 1 heterocycles. The molecule has 0 aromatic carbocycles. The SMILES string of the molecule is CCn1ncnc1CC(CBr)CBr. The summed E-state index contributed by atoms with van der Waals surface area (Å²) < 4.78 is 1.94. The number of halogens is 2. The van der Waals surface area contributed by atoms with E-state index < -0.39 is 0 Å². The van der Waals surface area contributed by atoms with E-state index in [4.69, 9.17) is 0 Å². The number of aromatic nitrogens is 3. The molecule has 1 rings (SSSR count). The highest BCUT2D eigenvalue weighted by atomic mass is 79.9. The topological polar surface area (TPSA) is 30.7 Å². The number of aryl methyl sites for hydroxylation is 1. The summed E-state index contributed by atoms with van der Waals surface area (Å²) in [5, 5.41) is 6.12. The van der Waals surface area contributed by atoms with Gasteiger partial charge < -0.3 is 0 Å². The molecule has 0 spiro atoms. The van der Waals surface area contributed by atoms with Crippen LogP contribution < -0.4 is 0 Å². The molecule has 0 atom stereocenters. The molecule has 0 aliphatic rings. The summed E-state index contributed by atoms with van der Waals surface area (Å²) in [6.45, 7) is 2.97. The Morgan fingerprint density at radius 1 is 1.46 bits per heavy atom. The van der Waals surface area contributed by atoms with E-state index >= 15 is 0 Å². The summed E-state index contributed by atoms with van der Waals surface area (Å²) in [5.41, 5.74) is 0. The summed E-state index contributed by atoms with van der Waals surface area (Å²) in [4.78, 5) is 4.23. The smallest absolute Gasteiger partial charge is 0.138 e. The van der Waals surface area contributed by atoms with Gasteiger partial charge in [-0.2, -0.15) is 5.10 Å². The predicted octanol–water partition coefficient (Wildman–Crippen LogP) is 2.25. The number of hydrogen-bond donors (Lipinski definition) is 0. The maximum absolute atomic E-state index is 4.23. The lowest BCUT2D eigenvalue weighted by atomic mass is 10.1. The molecule has 1 aromatic heterocycles. The van der Waals surface area contributed by atoms with Gasteiger partial charge >= 0.3 is 0 Å². The summed E-state index contributed by atoms with van der Waals surface area (Å²) in [6, 6.07) is 0. The van der Waals surface area contributed by atoms with Crippen molar-refractivity contribution in [3.05, 3.63) is 12.2 Å². The zero-order chi connectivity index (χ0) is 9.68. The monoisotopic (exact) mass is 309 g/mol. The second kappa shape index (κ2) is 5.75. The van der Waals surface area contributed by atoms with Gasteiger partial charge in [0.05, 0.1) is 0 Å². The zero-order valence-electron chi connectivity index (χ0n) is 7.58. The molecular formula is C8H13Br2N3. The van der Waals surface area contributed by atoms with E-state index in [-0.39, 0.29) is 0 Å². The highest BCUT2D eigenvalue weighted by Crippen LogP contribution is 2.11. The van der Waals surface area contributed by atoms with Crippen molar-refractivity contribution in [1.82, 2.24) is 14.8 Å². The average Bonchev–Trinajstić information content (AvgIpc) is 2.61. The minimum absolute atomic E-state index is 0.592. The van der Waals surface area contributed by atoms with Crippen molar-refractivity contribution in [2.75, 3.05) is 10.7 Å². The highest BCUT2D eigenvalue weighted by Gasteiger charge is 2.10. The van der Waals surface area contributed by atoms with Gasteiger partial charge in [0.15, 0.2) is 0 Å². The van der Waals surface area contributed by atoms with Crippen LogP contribution in [-0.4, -0.2) is 25.4 Å². The first-order chi connectivity index (χ1) is 6.31. The van der Waals surface area contributed by atoms with Crippen LogP contribution in [0, 0.1) is 5.92 Å². The lowest BCUT2D eigenvalue weighted by Crippen LogP contribution is -2.13. The van der Waals surface area contributed by atoms with Crippen LogP contribution in [0.2, 0.25) is 0 Å². The quantitative estimate of drug-likeness (QED) is 0.781. The van der Waals surface area contributed by atoms with Crippen LogP contribution in [0.3, 0.4) is 0 Å². The van der Waals surface area contributed by atoms with E-state index in [1.54, 1.807) is 6.33 Å². The van der Waals surface area contributed by atoms with Gasteiger partial charge in [0, 0.05) is 23.6 Å². The number of nitrogens with zero attached hydrogens (tertiary/aromatic N) is 3. The Labute approximate surface area is 95.2 Å². The second-order valence-electron chi connectivity index (χ2n) is 2.87. The van der Waals surface area contributed by atoms with Crippen LogP contribution in [0.25, 0.3) is 0 Å². The first kappa shape index (κ1) is 11.2. The molecule has 0 saturated heterocycles. The Bertz CT molecular complexity index is 245. The van der Waals surface area contributed by atoms with Crippen molar-refractivity contribution in [3.8, 4) is 0 Å². The molecule has 0 radical (unpaired) electrons. The maximum Gasteiger partial charge on any atom is 0.138 e. The van der Waals surface area contributed by atoms with Crippen molar-refractivity contribution < 1.29 is 0 Å². The predicted molar refractivity (Wildman–Crippen MR) is 60.5 cm³/mol. The van der Waals surface area contributed by atoms with Gasteiger partial charge in [-0.05, 0) is 12.8 Å². The number of hydrogen-bond acceptors (Lipinski definition) is 2. The maximum atomic E-state index is 4.23. The van der Waals surface area contributed by atoms with Gasteiger partial charge in [-0.3, -0.25) is 4.68 Å². The molecule has 74 valence electrons. The molecule has 5 heteroatoms. The van der Waals surface area contributed by atoms with E-state index in [1.807, 2.05) is 4.68 Å². The van der Waals surface area contributed by atoms with Gasteiger partial charge in [-0.25, -0.2) is 4.98 Å². The Morgan fingerprint density at radius 2 is 2.15 bits per heavy atom. The number of alkyl halides is 2. The molecular weight excluding hydrogens is 298 g/mol. The molecule has 0 amide bonds. The lowest BCUT2D eigenvalue weighted by molar-refractivity contribution is 0.565. The van der Waals surface area contributed by atoms with Gasteiger partial charge in [-0.1, -0.05) is 31.9 Å². The normalized spacial score (nSPS) is 11.1. The first-order valence-corrected chi connectivity index (χ1v) is 6.54. The Kier molecular flexibility index (Phi) is 4.94. The molecule has 0 saturated carbocycles. The summed E-state index contributed by atoms with van der Waals surface area (Å²) in [5.74, 6) is 1.67. The van der Waals surface area contributed by atoms with Crippen LogP contribution in [0.1, 0.15) is 12.7 Å². The van der Waals surface area contributed by atoms with Gasteiger partial charge in [-0.15, -0.1) is 0 Å². The van der Waals surface area contributed by atoms with Crippen LogP contribution in [0.15, 0.2) is 6.33 Å². The van der Waals surface area contributed by atoms with E-state index in [1.165, 1.54) is 0 Å². The molecule has 0 N–H and O–H groups in total. The van der Waals surface area contributed by atoms with Crippen LogP contribution >= 0.6 is 31.9 Å². The average molecular weight is 311 g/mol. The summed E-state index contributed by atoms with van der Waals surface area (Å²) in [7, 11) is 0. The summed E-state index contributed by atoms with van der Waals surface area (Å²) in [6.07, 6.45) is 2.60. The largest absolute Gasteiger partial charge is 0.250 e. The third-order valence-electron chi connectivity index (χ3n) is 1.90. The van der Waals surface area contributed by atoms with Gasteiger partial charge in [0.25, 0.3) is 0 Å². The van der Waals surface area contributed by atoms with E-state index in [0.717, 1.165) is 29.5 Å². The van der Waals surface area contributed by atoms with E-state index in [9.17, 15) is 0 Å². The molecule has 1 aromatic rings. The fourth-order valence-electron chi connectivity index (χ4n) is 1.12. The van der Waals surface area contributed by atoms with Crippen LogP contribution in [-0.2, 0) is 13.0 Å². The molecule has 0 fully saturated rings. The molecule has 3 nitrogen and oxygen atoms in total. The Hall–Kier alpha value is 0.100. The minimum atomic E-state index is 0.592. The van der Waals surface area contributed by atoms with E-state index in [2.05, 4.69) is 48.9 Å². The highest BCUT2D eigenvalue weighted by molar-refractivity contribution is 9.09. The minimum Gasteiger partial charge on any atom is -0.250 e. The number of rotatable bonds is 5. The molecule has 0 aliphatic carbocycles. The molecule has 13 heavy (non-hydrogen) atoms. The molecule has 0 bridgehead atoms. The molecule has 0 unspecified atom stereocenters. The van der Waals surface area contributed by atoms with E-state index in [0.29, 0.717) is 5.92 Å². The second-order valence-corrected chi connectivity index (χ2v) is 4.17. The van der Waals surface area contributed by atoms with Crippen molar-refractivity contribution in [2.24, 2.45) is 5.92 Å². The Balaban J connectivity index is 2.61. The van der Waals surface area contributed by atoms with Gasteiger partial charge in [0.2, 0.25) is 0 Å². The van der Waals surface area contributed by atoms with Crippen molar-refractivity contribution in [1.29, 1.82) is 0 Å². The van der Waals surface area contributed by atoms with Crippen molar-refractivity contribution in [2.45, 2.75) is 19.9 Å². The van der Waals surface area contributed by atoms with Crippen molar-refractivity contribution >= 4 is 31.9 Å². The fraction of sp³-hybridized carbons (Fsp3) is 0.750. The van der Waals surface area contributed by atoms with Crippen LogP contribution in [0.4, 0.5) is 0 Å². The lowest BCUT2D eigenvalue weighted by Gasteiger charge is -2.09. The third-order valence-corrected chi connectivity index (χ3v) is 3.73. The zero-order valence-corrected chi connectivity index (χ0v) is 10.8. The van der Waals surface area contributed by atoms with Crippen LogP contribution in [0.5, 0.6) is 0 Å². The van der Waals surface area contributed by atoms with Crippen molar-refractivity contribution in [3.63, 3.8) is 0 Å². The third kappa shape index (κ3) is 3.06.